The molecule has 108 valence electrons. The Morgan fingerprint density at radius 3 is 2.29 bits per heavy atom. The summed E-state index contributed by atoms with van der Waals surface area (Å²) in [6.45, 7) is 0. The predicted octanol–water partition coefficient (Wildman–Crippen LogP) is 4.80. The largest absolute Gasteiger partial charge is 0.328 e. The van der Waals surface area contributed by atoms with Crippen molar-refractivity contribution in [3.05, 3.63) is 64.1 Å². The Bertz CT molecular complexity index is 683. The van der Waals surface area contributed by atoms with Gasteiger partial charge in [-0.3, -0.25) is 0 Å². The average molecular weight is 321 g/mol. The standard InChI is InChI=1S/C16H14Cl2N2O/c17-12-4-1-3-11(9-12)16(7-8-16)20-15(21)19-14-6-2-5-13(18)10-14/h1-6,9-10H,7-8H2,(H2,19,20,21). The highest BCUT2D eigenvalue weighted by Crippen LogP contribution is 2.46. The van der Waals surface area contributed by atoms with Gasteiger partial charge in [-0.1, -0.05) is 41.4 Å². The van der Waals surface area contributed by atoms with Crippen molar-refractivity contribution in [2.24, 2.45) is 0 Å². The van der Waals surface area contributed by atoms with Crippen molar-refractivity contribution in [3.8, 4) is 0 Å². The number of nitrogens with one attached hydrogen (secondary N) is 2. The summed E-state index contributed by atoms with van der Waals surface area (Å²) < 4.78 is 0. The summed E-state index contributed by atoms with van der Waals surface area (Å²) in [6, 6.07) is 14.4. The second-order valence-corrected chi connectivity index (χ2v) is 6.05. The van der Waals surface area contributed by atoms with Gasteiger partial charge in [-0.05, 0) is 48.7 Å². The number of halogens is 2. The second-order valence-electron chi connectivity index (χ2n) is 5.18. The minimum Gasteiger partial charge on any atom is -0.328 e. The Labute approximate surface area is 133 Å². The highest BCUT2D eigenvalue weighted by molar-refractivity contribution is 6.31. The van der Waals surface area contributed by atoms with Crippen LogP contribution in [0.15, 0.2) is 48.5 Å². The van der Waals surface area contributed by atoms with Crippen LogP contribution in [0.4, 0.5) is 10.5 Å². The van der Waals surface area contributed by atoms with Crippen molar-refractivity contribution in [1.82, 2.24) is 5.32 Å². The molecule has 2 aromatic rings. The van der Waals surface area contributed by atoms with Crippen LogP contribution in [0.3, 0.4) is 0 Å². The van der Waals surface area contributed by atoms with Gasteiger partial charge in [0.1, 0.15) is 0 Å². The molecule has 3 rings (SSSR count). The molecule has 0 heterocycles. The van der Waals surface area contributed by atoms with E-state index in [1.54, 1.807) is 24.3 Å². The maximum Gasteiger partial charge on any atom is 0.319 e. The molecule has 1 fully saturated rings. The normalized spacial score (nSPS) is 15.3. The number of amides is 2. The zero-order chi connectivity index (χ0) is 14.9. The highest BCUT2D eigenvalue weighted by Gasteiger charge is 2.45. The van der Waals surface area contributed by atoms with Crippen LogP contribution in [0.25, 0.3) is 0 Å². The van der Waals surface area contributed by atoms with Gasteiger partial charge >= 0.3 is 6.03 Å². The first-order valence-electron chi connectivity index (χ1n) is 6.68. The van der Waals surface area contributed by atoms with Crippen molar-refractivity contribution in [1.29, 1.82) is 0 Å². The zero-order valence-corrected chi connectivity index (χ0v) is 12.7. The number of urea groups is 1. The molecule has 3 nitrogen and oxygen atoms in total. The third-order valence-electron chi connectivity index (χ3n) is 3.56. The quantitative estimate of drug-likeness (QED) is 0.837. The van der Waals surface area contributed by atoms with Gasteiger partial charge < -0.3 is 10.6 Å². The highest BCUT2D eigenvalue weighted by atomic mass is 35.5. The number of hydrogen-bond donors (Lipinski definition) is 2. The second kappa shape index (κ2) is 5.58. The topological polar surface area (TPSA) is 41.1 Å². The lowest BCUT2D eigenvalue weighted by Crippen LogP contribution is -2.38. The maximum atomic E-state index is 12.1. The van der Waals surface area contributed by atoms with Crippen LogP contribution in [0.2, 0.25) is 10.0 Å². The van der Waals surface area contributed by atoms with Crippen molar-refractivity contribution in [3.63, 3.8) is 0 Å². The molecule has 0 aliphatic heterocycles. The fraction of sp³-hybridized carbons (Fsp3) is 0.188. The molecule has 0 unspecified atom stereocenters. The van der Waals surface area contributed by atoms with Gasteiger partial charge in [0, 0.05) is 15.7 Å². The molecule has 21 heavy (non-hydrogen) atoms. The third kappa shape index (κ3) is 3.31. The van der Waals surface area contributed by atoms with E-state index in [-0.39, 0.29) is 11.6 Å². The molecular formula is C16H14Cl2N2O. The molecule has 0 spiro atoms. The first kappa shape index (κ1) is 14.2. The smallest absolute Gasteiger partial charge is 0.319 e. The predicted molar refractivity (Wildman–Crippen MR) is 86.0 cm³/mol. The molecular weight excluding hydrogens is 307 g/mol. The number of carbonyl (C=O) groups excluding carboxylic acids is 1. The average Bonchev–Trinajstić information content (AvgIpc) is 3.19. The van der Waals surface area contributed by atoms with Crippen LogP contribution >= 0.6 is 23.2 Å². The zero-order valence-electron chi connectivity index (χ0n) is 11.2. The summed E-state index contributed by atoms with van der Waals surface area (Å²) in [4.78, 5) is 12.1. The van der Waals surface area contributed by atoms with Crippen LogP contribution < -0.4 is 10.6 Å². The van der Waals surface area contributed by atoms with Gasteiger partial charge in [0.25, 0.3) is 0 Å². The minimum absolute atomic E-state index is 0.241. The van der Waals surface area contributed by atoms with Crippen molar-refractivity contribution >= 4 is 34.9 Å². The van der Waals surface area contributed by atoms with E-state index in [0.29, 0.717) is 15.7 Å². The van der Waals surface area contributed by atoms with E-state index in [4.69, 9.17) is 23.2 Å². The van der Waals surface area contributed by atoms with Crippen LogP contribution in [-0.4, -0.2) is 6.03 Å². The number of hydrogen-bond acceptors (Lipinski definition) is 1. The van der Waals surface area contributed by atoms with Gasteiger partial charge in [-0.25, -0.2) is 4.79 Å². The Hall–Kier alpha value is -1.71. The van der Waals surface area contributed by atoms with E-state index >= 15 is 0 Å². The molecule has 2 amide bonds. The molecule has 0 atom stereocenters. The number of anilines is 1. The first-order chi connectivity index (χ1) is 10.1. The lowest BCUT2D eigenvalue weighted by Gasteiger charge is -2.18. The SMILES string of the molecule is O=C(Nc1cccc(Cl)c1)NC1(c2cccc(Cl)c2)CC1. The summed E-state index contributed by atoms with van der Waals surface area (Å²) in [6.07, 6.45) is 1.83. The minimum atomic E-state index is -0.298. The fourth-order valence-electron chi connectivity index (χ4n) is 2.34. The lowest BCUT2D eigenvalue weighted by molar-refractivity contribution is 0.247. The van der Waals surface area contributed by atoms with Crippen LogP contribution in [0.1, 0.15) is 18.4 Å². The first-order valence-corrected chi connectivity index (χ1v) is 7.44. The molecule has 1 aliphatic rings. The van der Waals surface area contributed by atoms with Gasteiger partial charge in [0.2, 0.25) is 0 Å². The van der Waals surface area contributed by atoms with Gasteiger partial charge in [-0.15, -0.1) is 0 Å². The van der Waals surface area contributed by atoms with Crippen molar-refractivity contribution < 1.29 is 4.79 Å². The molecule has 0 saturated heterocycles. The number of benzene rings is 2. The van der Waals surface area contributed by atoms with Gasteiger partial charge in [0.15, 0.2) is 0 Å². The summed E-state index contributed by atoms with van der Waals surface area (Å²) >= 11 is 11.9. The monoisotopic (exact) mass is 320 g/mol. The Balaban J connectivity index is 1.70. The molecule has 0 radical (unpaired) electrons. The van der Waals surface area contributed by atoms with Gasteiger partial charge in [-0.2, -0.15) is 0 Å². The van der Waals surface area contributed by atoms with Crippen molar-refractivity contribution in [2.45, 2.75) is 18.4 Å². The molecule has 5 heteroatoms. The molecule has 0 aromatic heterocycles. The van der Waals surface area contributed by atoms with Gasteiger partial charge in [0.05, 0.1) is 5.54 Å². The maximum absolute atomic E-state index is 12.1. The third-order valence-corrected chi connectivity index (χ3v) is 4.03. The summed E-state index contributed by atoms with van der Waals surface area (Å²) in [5.74, 6) is 0. The number of rotatable bonds is 3. The molecule has 0 bridgehead atoms. The summed E-state index contributed by atoms with van der Waals surface area (Å²) in [7, 11) is 0. The van der Waals surface area contributed by atoms with E-state index in [2.05, 4.69) is 10.6 Å². The molecule has 1 aliphatic carbocycles. The lowest BCUT2D eigenvalue weighted by atomic mass is 10.1. The molecule has 2 N–H and O–H groups in total. The Morgan fingerprint density at radius 2 is 1.67 bits per heavy atom. The van der Waals surface area contributed by atoms with E-state index < -0.39 is 0 Å². The molecule has 1 saturated carbocycles. The van der Waals surface area contributed by atoms with E-state index in [9.17, 15) is 4.79 Å². The van der Waals surface area contributed by atoms with E-state index in [0.717, 1.165) is 18.4 Å². The summed E-state index contributed by atoms with van der Waals surface area (Å²) in [5.41, 5.74) is 1.41. The van der Waals surface area contributed by atoms with E-state index in [1.807, 2.05) is 24.3 Å². The van der Waals surface area contributed by atoms with Crippen LogP contribution in [-0.2, 0) is 5.54 Å². The number of carbonyl (C=O) groups is 1. The fourth-order valence-corrected chi connectivity index (χ4v) is 2.72. The molecule has 2 aromatic carbocycles. The van der Waals surface area contributed by atoms with Crippen LogP contribution in [0, 0.1) is 0 Å². The Morgan fingerprint density at radius 1 is 1.00 bits per heavy atom. The Kier molecular flexibility index (Phi) is 3.79. The van der Waals surface area contributed by atoms with Crippen molar-refractivity contribution in [2.75, 3.05) is 5.32 Å². The van der Waals surface area contributed by atoms with E-state index in [1.165, 1.54) is 0 Å². The van der Waals surface area contributed by atoms with Crippen LogP contribution in [0.5, 0.6) is 0 Å². The summed E-state index contributed by atoms with van der Waals surface area (Å²) in [5, 5.41) is 7.09.